The molecule has 0 N–H and O–H groups in total. The molecule has 0 bridgehead atoms. The van der Waals surface area contributed by atoms with Gasteiger partial charge in [0, 0.05) is 20.2 Å². The van der Waals surface area contributed by atoms with E-state index >= 15 is 0 Å². The molecule has 3 aromatic heterocycles. The minimum atomic E-state index is 1.23. The number of hydrogen-bond acceptors (Lipinski definition) is 3. The van der Waals surface area contributed by atoms with Gasteiger partial charge in [-0.3, -0.25) is 0 Å². The molecule has 4 aromatic carbocycles. The van der Waals surface area contributed by atoms with E-state index in [1.807, 2.05) is 34.0 Å². The number of thiophene rings is 3. The van der Waals surface area contributed by atoms with Crippen LogP contribution in [0.1, 0.15) is 33.4 Å². The van der Waals surface area contributed by atoms with E-state index in [1.54, 1.807) is 0 Å². The van der Waals surface area contributed by atoms with Crippen molar-refractivity contribution in [1.29, 1.82) is 0 Å². The first-order chi connectivity index (χ1) is 18.1. The van der Waals surface area contributed by atoms with Crippen LogP contribution in [0.3, 0.4) is 0 Å². The van der Waals surface area contributed by atoms with Crippen molar-refractivity contribution in [1.82, 2.24) is 0 Å². The van der Waals surface area contributed by atoms with Gasteiger partial charge in [0.2, 0.25) is 0 Å². The Hall–Kier alpha value is -3.50. The lowest BCUT2D eigenvalue weighted by atomic mass is 10.1. The van der Waals surface area contributed by atoms with Gasteiger partial charge in [-0.15, -0.1) is 34.0 Å². The maximum absolute atomic E-state index is 2.34. The fraction of sp³-hybridized carbons (Fsp3) is 0.0588. The van der Waals surface area contributed by atoms with E-state index in [0.717, 1.165) is 0 Å². The van der Waals surface area contributed by atoms with E-state index in [4.69, 9.17) is 0 Å². The van der Waals surface area contributed by atoms with Gasteiger partial charge in [-0.2, -0.15) is 0 Å². The summed E-state index contributed by atoms with van der Waals surface area (Å²) in [5.74, 6) is 0. The Balaban J connectivity index is 1.24. The van der Waals surface area contributed by atoms with Crippen LogP contribution in [0.25, 0.3) is 63.3 Å². The zero-order valence-corrected chi connectivity index (χ0v) is 23.1. The van der Waals surface area contributed by atoms with Gasteiger partial charge in [-0.05, 0) is 48.2 Å². The second-order valence-corrected chi connectivity index (χ2v) is 12.7. The molecule has 0 atom stereocenters. The highest BCUT2D eigenvalue weighted by atomic mass is 32.1. The first-order valence-electron chi connectivity index (χ1n) is 12.4. The summed E-state index contributed by atoms with van der Waals surface area (Å²) in [5.41, 5.74) is 7.55. The van der Waals surface area contributed by atoms with E-state index in [0.29, 0.717) is 0 Å². The highest BCUT2D eigenvalue weighted by molar-refractivity contribution is 7.43. The van der Waals surface area contributed by atoms with Crippen LogP contribution in [0.2, 0.25) is 0 Å². The largest absolute Gasteiger partial charge is 0.133 e. The third kappa shape index (κ3) is 4.23. The van der Waals surface area contributed by atoms with Crippen molar-refractivity contribution in [3.05, 3.63) is 118 Å². The quantitative estimate of drug-likeness (QED) is 0.199. The Morgan fingerprint density at radius 2 is 0.784 bits per heavy atom. The number of benzene rings is 4. The molecule has 3 heterocycles. The number of fused-ring (bicyclic) bond motifs is 7. The van der Waals surface area contributed by atoms with Crippen LogP contribution in [0, 0.1) is 13.8 Å². The monoisotopic (exact) mass is 528 g/mol. The van der Waals surface area contributed by atoms with E-state index in [2.05, 4.69) is 123 Å². The number of hydrogen-bond donors (Lipinski definition) is 0. The molecule has 0 aliphatic carbocycles. The average molecular weight is 529 g/mol. The van der Waals surface area contributed by atoms with Crippen molar-refractivity contribution in [3.63, 3.8) is 0 Å². The van der Waals surface area contributed by atoms with Crippen molar-refractivity contribution in [3.8, 4) is 0 Å². The molecule has 0 amide bonds. The van der Waals surface area contributed by atoms with E-state index < -0.39 is 0 Å². The van der Waals surface area contributed by atoms with Gasteiger partial charge in [-0.1, -0.05) is 108 Å². The smallest absolute Gasteiger partial charge is 0.0642 e. The lowest BCUT2D eigenvalue weighted by Crippen LogP contribution is -1.75. The van der Waals surface area contributed by atoms with Crippen LogP contribution in [-0.4, -0.2) is 0 Å². The Morgan fingerprint density at radius 1 is 0.405 bits per heavy atom. The van der Waals surface area contributed by atoms with Gasteiger partial charge < -0.3 is 0 Å². The molecule has 0 aliphatic heterocycles. The molecule has 0 saturated carbocycles. The summed E-state index contributed by atoms with van der Waals surface area (Å²) >= 11 is 5.83. The second-order valence-electron chi connectivity index (χ2n) is 9.62. The Morgan fingerprint density at radius 3 is 1.22 bits per heavy atom. The standard InChI is InChI=1S/C34H24S3/c1-21-3-7-23(8-4-21)11-13-25-15-17-27-29(19-25)35-33-31(27)37-32-28-18-16-26(20-30(28)36-34(32)33)14-12-24-9-5-22(2)6-10-24/h3-20H,1-2H3. The molecule has 0 aliphatic rings. The molecule has 0 spiro atoms. The molecule has 3 heteroatoms. The normalized spacial score (nSPS) is 12.4. The van der Waals surface area contributed by atoms with E-state index in [1.165, 1.54) is 72.4 Å². The van der Waals surface area contributed by atoms with Crippen LogP contribution >= 0.6 is 34.0 Å². The fourth-order valence-corrected chi connectivity index (χ4v) is 9.09. The molecule has 0 nitrogen and oxygen atoms in total. The number of rotatable bonds is 4. The molecule has 7 rings (SSSR count). The van der Waals surface area contributed by atoms with Gasteiger partial charge in [-0.25, -0.2) is 0 Å². The molecule has 0 saturated heterocycles. The van der Waals surface area contributed by atoms with Gasteiger partial charge in [0.05, 0.1) is 18.8 Å². The summed E-state index contributed by atoms with van der Waals surface area (Å²) in [5, 5.41) is 2.76. The zero-order valence-electron chi connectivity index (χ0n) is 20.6. The van der Waals surface area contributed by atoms with Crippen molar-refractivity contribution >= 4 is 97.3 Å². The van der Waals surface area contributed by atoms with Crippen LogP contribution < -0.4 is 0 Å². The highest BCUT2D eigenvalue weighted by Gasteiger charge is 2.16. The fourth-order valence-electron chi connectivity index (χ4n) is 4.73. The summed E-state index contributed by atoms with van der Waals surface area (Å²) in [4.78, 5) is 0. The molecule has 178 valence electrons. The van der Waals surface area contributed by atoms with Crippen molar-refractivity contribution in [2.24, 2.45) is 0 Å². The molecular formula is C34H24S3. The molecule has 0 fully saturated rings. The SMILES string of the molecule is Cc1ccc(C=Cc2ccc3c(c2)sc2c3sc3c4ccc(C=Cc5ccc(C)cc5)cc4sc32)cc1. The molecule has 37 heavy (non-hydrogen) atoms. The lowest BCUT2D eigenvalue weighted by Gasteiger charge is -1.97. The minimum Gasteiger partial charge on any atom is -0.133 e. The van der Waals surface area contributed by atoms with Crippen molar-refractivity contribution < 1.29 is 0 Å². The minimum absolute atomic E-state index is 1.23. The van der Waals surface area contributed by atoms with Crippen LogP contribution in [0.4, 0.5) is 0 Å². The maximum atomic E-state index is 2.34. The molecule has 0 radical (unpaired) electrons. The van der Waals surface area contributed by atoms with E-state index in [9.17, 15) is 0 Å². The average Bonchev–Trinajstić information content (AvgIpc) is 3.56. The van der Waals surface area contributed by atoms with Crippen molar-refractivity contribution in [2.75, 3.05) is 0 Å². The Kier molecular flexibility index (Phi) is 5.58. The summed E-state index contributed by atoms with van der Waals surface area (Å²) in [6.45, 7) is 4.25. The van der Waals surface area contributed by atoms with Crippen molar-refractivity contribution in [2.45, 2.75) is 13.8 Å². The summed E-state index contributed by atoms with van der Waals surface area (Å²) in [6.07, 6.45) is 8.84. The third-order valence-corrected chi connectivity index (χ3v) is 10.8. The lowest BCUT2D eigenvalue weighted by molar-refractivity contribution is 1.46. The molecule has 0 unspecified atom stereocenters. The number of aryl methyl sites for hydroxylation is 2. The Bertz CT molecular complexity index is 1830. The molecule has 7 aromatic rings. The summed E-state index contributed by atoms with van der Waals surface area (Å²) in [7, 11) is 0. The van der Waals surface area contributed by atoms with Crippen LogP contribution in [-0.2, 0) is 0 Å². The second kappa shape index (κ2) is 9.11. The molecular weight excluding hydrogens is 505 g/mol. The predicted molar refractivity (Wildman–Crippen MR) is 170 cm³/mol. The topological polar surface area (TPSA) is 0 Å². The predicted octanol–water partition coefficient (Wildman–Crippen LogP) is 11.4. The van der Waals surface area contributed by atoms with Crippen LogP contribution in [0.15, 0.2) is 84.9 Å². The van der Waals surface area contributed by atoms with Crippen LogP contribution in [0.5, 0.6) is 0 Å². The first kappa shape index (κ1) is 22.7. The third-order valence-electron chi connectivity index (χ3n) is 6.84. The summed E-state index contributed by atoms with van der Waals surface area (Å²) < 4.78 is 8.48. The van der Waals surface area contributed by atoms with Gasteiger partial charge in [0.15, 0.2) is 0 Å². The van der Waals surface area contributed by atoms with Gasteiger partial charge in [0.1, 0.15) is 0 Å². The maximum Gasteiger partial charge on any atom is 0.0642 e. The Labute approximate surface area is 228 Å². The zero-order chi connectivity index (χ0) is 24.9. The first-order valence-corrected chi connectivity index (χ1v) is 14.9. The van der Waals surface area contributed by atoms with Gasteiger partial charge >= 0.3 is 0 Å². The highest BCUT2D eigenvalue weighted by Crippen LogP contribution is 2.50. The summed E-state index contributed by atoms with van der Waals surface area (Å²) in [6, 6.07) is 31.1. The van der Waals surface area contributed by atoms with Gasteiger partial charge in [0.25, 0.3) is 0 Å². The van der Waals surface area contributed by atoms with E-state index in [-0.39, 0.29) is 0 Å².